The Bertz CT molecular complexity index is 4020. The Morgan fingerprint density at radius 3 is 1.39 bits per heavy atom. The van der Waals surface area contributed by atoms with Crippen LogP contribution in [-0.4, -0.2) is 267 Å². The van der Waals surface area contributed by atoms with E-state index in [1.165, 1.54) is 97.5 Å². The van der Waals surface area contributed by atoms with E-state index in [-0.39, 0.29) is 100 Å². The highest BCUT2D eigenvalue weighted by Crippen LogP contribution is 2.38. The summed E-state index contributed by atoms with van der Waals surface area (Å²) in [7, 11) is 8.61. The number of nitrogens with one attached hydrogen (secondary N) is 2. The van der Waals surface area contributed by atoms with E-state index in [9.17, 15) is 43.2 Å². The van der Waals surface area contributed by atoms with E-state index in [0.29, 0.717) is 6.42 Å². The molecule has 0 fully saturated rings. The molecule has 0 aromatic heterocycles. The van der Waals surface area contributed by atoms with Crippen molar-refractivity contribution in [3.63, 3.8) is 0 Å². The molecule has 125 heavy (non-hydrogen) atoms. The van der Waals surface area contributed by atoms with Crippen LogP contribution in [0.25, 0.3) is 0 Å². The smallest absolute Gasteiger partial charge is 0.410 e. The van der Waals surface area contributed by atoms with Gasteiger partial charge in [0.15, 0.2) is 5.78 Å². The van der Waals surface area contributed by atoms with Crippen molar-refractivity contribution >= 4 is 101 Å². The number of hydrogen-bond donors (Lipinski definition) is 2. The summed E-state index contributed by atoms with van der Waals surface area (Å²) in [5.74, 6) is -12.8. The standard InChI is InChI=1S/C96H152N10O18Si/c1-31-33-43-66(14)85(124-71(19)108)84(87(112)97-75(32-2)94(119)121-53-51-99(23)70(18)107)106(30)93(118)82(64(11)12)104(28)91(116)78(56-62(7)8)103(27)90(115)77(55-61(5)6)102(26)88(113)68(16)58-79(109)67(15)57-80(110)76(54-60(3)4)101(25)92(117)81(63(9)10)98-86(111)83(105(29)89(114)69(17)100(24)95(120)122-59-72-44-37-34-38-45-72)65(13)50-52-123-125(96(20,21)22,73-46-39-35-40-47-73)74-48-41-36-42-49-74/h31,33-42,44-49,60-69,75-78,81-85H,32,43,50-59H2,1-30H3,(H,97,112)(H,98,111)/b33-31+/t65-,66-,67-,68+,69+,75+,76+,77+,78+,81+,82+,83-,84+,85-/m1/s1. The highest BCUT2D eigenvalue weighted by molar-refractivity contribution is 6.99. The number of amides is 10. The molecular formula is C96H152N10O18Si. The van der Waals surface area contributed by atoms with Crippen molar-refractivity contribution < 1.29 is 85.8 Å². The summed E-state index contributed by atoms with van der Waals surface area (Å²) in [5, 5.41) is 7.46. The van der Waals surface area contributed by atoms with Crippen molar-refractivity contribution in [2.75, 3.05) is 76.1 Å². The Morgan fingerprint density at radius 2 is 0.928 bits per heavy atom. The Labute approximate surface area is 747 Å². The lowest BCUT2D eigenvalue weighted by molar-refractivity contribution is -0.164. The van der Waals surface area contributed by atoms with Gasteiger partial charge in [0, 0.05) is 102 Å². The predicted octanol–water partition coefficient (Wildman–Crippen LogP) is 10.8. The molecule has 3 aromatic rings. The molecule has 0 saturated carbocycles. The zero-order valence-corrected chi connectivity index (χ0v) is 81.7. The van der Waals surface area contributed by atoms with Gasteiger partial charge < -0.3 is 63.6 Å². The molecule has 28 nitrogen and oxygen atoms in total. The van der Waals surface area contributed by atoms with Gasteiger partial charge in [-0.2, -0.15) is 0 Å². The first-order valence-corrected chi connectivity index (χ1v) is 46.3. The lowest BCUT2D eigenvalue weighted by atomic mass is 9.88. The molecule has 2 N–H and O–H groups in total. The molecular weight excluding hydrogens is 1610 g/mol. The van der Waals surface area contributed by atoms with E-state index in [4.69, 9.17) is 18.6 Å². The van der Waals surface area contributed by atoms with Crippen LogP contribution in [0.4, 0.5) is 4.79 Å². The largest absolute Gasteiger partial charge is 0.462 e. The van der Waals surface area contributed by atoms with E-state index < -0.39 is 181 Å². The Balaban J connectivity index is 2.00. The SMILES string of the molecule is C/C=C/C[C@@H](C)[C@@H](OC(C)=O)[C@@H](C(=O)N[C@@H](CC)C(=O)OCCN(C)C(C)=O)N(C)C(=O)[C@H](C(C)C)N(C)C(=O)[C@H](CC(C)C)N(C)C(=O)[C@H](CC(C)C)N(C)C(=O)[C@@H](C)CC(=O)[C@H](C)CC(=O)[C@H](CC(C)C)N(C)C(=O)[C@@H](NC(=O)[C@@H]([C@H](C)CCO[Si](c1ccccc1)(c1ccccc1)C(C)(C)C)N(C)C(=O)[C@H](C)N(C)C(=O)OCc1ccccc1)C(C)C. The number of benzene rings is 3. The second-order valence-corrected chi connectivity index (χ2v) is 41.4. The molecule has 698 valence electrons. The third-order valence-corrected chi connectivity index (χ3v) is 28.9. The summed E-state index contributed by atoms with van der Waals surface area (Å²) in [4.78, 5) is 213. The normalized spacial score (nSPS) is 15.2. The summed E-state index contributed by atoms with van der Waals surface area (Å²) in [5.41, 5.74) is 0.744. The first-order chi connectivity index (χ1) is 58.3. The topological polar surface area (TPSA) is 326 Å². The first-order valence-electron chi connectivity index (χ1n) is 44.4. The lowest BCUT2D eigenvalue weighted by Crippen LogP contribution is -2.66. The average Bonchev–Trinajstić information content (AvgIpc) is 0.747. The Hall–Kier alpha value is -9.64. The molecule has 0 heterocycles. The third-order valence-electron chi connectivity index (χ3n) is 23.8. The number of rotatable bonds is 50. The molecule has 0 aliphatic rings. The maximum atomic E-state index is 15.5. The minimum atomic E-state index is -3.10. The summed E-state index contributed by atoms with van der Waals surface area (Å²) >= 11 is 0. The number of allylic oxidation sites excluding steroid dienone is 2. The molecule has 3 rings (SSSR count). The van der Waals surface area contributed by atoms with Crippen LogP contribution in [0.2, 0.25) is 5.04 Å². The molecule has 3 aromatic carbocycles. The van der Waals surface area contributed by atoms with Crippen molar-refractivity contribution in [1.82, 2.24) is 49.8 Å². The zero-order chi connectivity index (χ0) is 95.2. The number of ether oxygens (including phenoxy) is 3. The van der Waals surface area contributed by atoms with Gasteiger partial charge in [-0.3, -0.25) is 62.4 Å². The van der Waals surface area contributed by atoms with Crippen LogP contribution >= 0.6 is 0 Å². The molecule has 0 radical (unpaired) electrons. The van der Waals surface area contributed by atoms with Gasteiger partial charge in [-0.05, 0) is 115 Å². The van der Waals surface area contributed by atoms with E-state index in [1.54, 1.807) is 82.4 Å². The van der Waals surface area contributed by atoms with Crippen LogP contribution in [0.5, 0.6) is 0 Å². The summed E-state index contributed by atoms with van der Waals surface area (Å²) < 4.78 is 24.3. The van der Waals surface area contributed by atoms with Gasteiger partial charge in [0.05, 0.1) is 12.6 Å². The number of nitrogens with zero attached hydrogens (tertiary/aromatic N) is 8. The zero-order valence-electron chi connectivity index (χ0n) is 80.7. The molecule has 0 aliphatic carbocycles. The first kappa shape index (κ1) is 110. The van der Waals surface area contributed by atoms with Crippen LogP contribution in [0.15, 0.2) is 103 Å². The van der Waals surface area contributed by atoms with E-state index in [2.05, 4.69) is 55.7 Å². The van der Waals surface area contributed by atoms with Gasteiger partial charge in [0.2, 0.25) is 53.2 Å². The van der Waals surface area contributed by atoms with E-state index >= 15 is 24.0 Å². The van der Waals surface area contributed by atoms with Crippen LogP contribution in [-0.2, 0) is 87.6 Å². The summed E-state index contributed by atoms with van der Waals surface area (Å²) in [6.07, 6.45) is 1.95. The van der Waals surface area contributed by atoms with Crippen molar-refractivity contribution in [1.29, 1.82) is 0 Å². The maximum absolute atomic E-state index is 15.5. The van der Waals surface area contributed by atoms with E-state index in [0.717, 1.165) is 20.8 Å². The van der Waals surface area contributed by atoms with Crippen molar-refractivity contribution in [2.24, 2.45) is 53.3 Å². The number of esters is 2. The molecule has 10 amide bonds. The Morgan fingerprint density at radius 1 is 0.472 bits per heavy atom. The minimum absolute atomic E-state index is 0.0442. The van der Waals surface area contributed by atoms with Gasteiger partial charge >= 0.3 is 18.0 Å². The molecule has 14 atom stereocenters. The Kier molecular flexibility index (Phi) is 44.9. The fourth-order valence-corrected chi connectivity index (χ4v) is 20.6. The van der Waals surface area contributed by atoms with E-state index in [1.807, 2.05) is 121 Å². The van der Waals surface area contributed by atoms with Gasteiger partial charge in [0.1, 0.15) is 73.4 Å². The van der Waals surface area contributed by atoms with Gasteiger partial charge in [-0.1, -0.05) is 228 Å². The fourth-order valence-electron chi connectivity index (χ4n) is 16.0. The van der Waals surface area contributed by atoms with Crippen molar-refractivity contribution in [3.8, 4) is 0 Å². The highest BCUT2D eigenvalue weighted by Gasteiger charge is 2.52. The summed E-state index contributed by atoms with van der Waals surface area (Å²) in [6.45, 7) is 39.0. The predicted molar refractivity (Wildman–Crippen MR) is 489 cm³/mol. The second-order valence-electron chi connectivity index (χ2n) is 37.1. The number of hydrogen-bond acceptors (Lipinski definition) is 18. The minimum Gasteiger partial charge on any atom is -0.462 e. The van der Waals surface area contributed by atoms with Gasteiger partial charge in [-0.25, -0.2) is 9.59 Å². The quantitative estimate of drug-likeness (QED) is 0.0229. The molecule has 0 unspecified atom stereocenters. The van der Waals surface area contributed by atoms with Crippen LogP contribution in [0.3, 0.4) is 0 Å². The van der Waals surface area contributed by atoms with Gasteiger partial charge in [0.25, 0.3) is 8.32 Å². The molecule has 0 bridgehead atoms. The summed E-state index contributed by atoms with van der Waals surface area (Å²) in [6, 6.07) is 18.1. The van der Waals surface area contributed by atoms with Crippen LogP contribution in [0.1, 0.15) is 209 Å². The van der Waals surface area contributed by atoms with Crippen molar-refractivity contribution in [2.45, 2.75) is 276 Å². The lowest BCUT2D eigenvalue weighted by Gasteiger charge is -2.43. The number of carbonyl (C=O) groups excluding carboxylic acids is 14. The number of Topliss-reactive ketones (excluding diaryl/α,β-unsaturated/α-hetero) is 2. The number of ketones is 2. The average molecular weight is 1760 g/mol. The third kappa shape index (κ3) is 31.1. The monoisotopic (exact) mass is 1760 g/mol. The maximum Gasteiger partial charge on any atom is 0.410 e. The highest BCUT2D eigenvalue weighted by atomic mass is 28.4. The second kappa shape index (κ2) is 51.2. The molecule has 0 spiro atoms. The fraction of sp³-hybridized carbons (Fsp3) is 0.646. The number of likely N-dealkylation sites (N-methyl/N-ethyl adjacent to an activating group) is 8. The molecule has 0 aliphatic heterocycles. The molecule has 0 saturated heterocycles. The van der Waals surface area contributed by atoms with Crippen LogP contribution < -0.4 is 21.0 Å². The van der Waals surface area contributed by atoms with Gasteiger partial charge in [-0.15, -0.1) is 0 Å². The molecule has 29 heteroatoms. The van der Waals surface area contributed by atoms with Crippen LogP contribution in [0, 0.1) is 53.3 Å². The van der Waals surface area contributed by atoms with Crippen molar-refractivity contribution in [3.05, 3.63) is 109 Å². The number of carbonyl (C=O) groups is 14.